The van der Waals surface area contributed by atoms with Crippen LogP contribution in [0.5, 0.6) is 5.75 Å². The topological polar surface area (TPSA) is 95.5 Å². The van der Waals surface area contributed by atoms with Crippen molar-refractivity contribution < 1.29 is 22.7 Å². The van der Waals surface area contributed by atoms with Gasteiger partial charge in [0.2, 0.25) is 15.9 Å². The highest BCUT2D eigenvalue weighted by atomic mass is 32.2. The first-order valence-corrected chi connectivity index (χ1v) is 9.54. The van der Waals surface area contributed by atoms with Gasteiger partial charge >= 0.3 is 0 Å². The van der Waals surface area contributed by atoms with E-state index in [1.54, 1.807) is 13.8 Å². The number of phenolic OH excluding ortho intramolecular Hbond substituents is 1. The zero-order valence-corrected chi connectivity index (χ0v) is 14.6. The van der Waals surface area contributed by atoms with E-state index in [0.717, 1.165) is 12.1 Å². The van der Waals surface area contributed by atoms with Gasteiger partial charge in [-0.25, -0.2) is 17.5 Å². The highest BCUT2D eigenvalue weighted by molar-refractivity contribution is 7.90. The van der Waals surface area contributed by atoms with E-state index in [-0.39, 0.29) is 17.9 Å². The first-order chi connectivity index (χ1) is 11.2. The lowest BCUT2D eigenvalue weighted by atomic mass is 9.86. The second-order valence-corrected chi connectivity index (χ2v) is 8.68. The zero-order valence-electron chi connectivity index (χ0n) is 13.8. The van der Waals surface area contributed by atoms with Crippen LogP contribution in [-0.4, -0.2) is 30.7 Å². The van der Waals surface area contributed by atoms with E-state index < -0.39 is 26.8 Å². The second kappa shape index (κ2) is 7.48. The lowest BCUT2D eigenvalue weighted by Gasteiger charge is -2.28. The first-order valence-electron chi connectivity index (χ1n) is 7.99. The maximum absolute atomic E-state index is 13.0. The summed E-state index contributed by atoms with van der Waals surface area (Å²) in [6.07, 6.45) is 2.34. The predicted octanol–water partition coefficient (Wildman–Crippen LogP) is 2.36. The van der Waals surface area contributed by atoms with Gasteiger partial charge in [-0.05, 0) is 51.7 Å². The van der Waals surface area contributed by atoms with Crippen LogP contribution in [0.3, 0.4) is 0 Å². The number of phenols is 1. The quantitative estimate of drug-likeness (QED) is 0.753. The van der Waals surface area contributed by atoms with E-state index >= 15 is 0 Å². The number of anilines is 1. The Morgan fingerprint density at radius 1 is 1.25 bits per heavy atom. The standard InChI is InChI=1S/C16H23FN2O4S/c1-10(2)24(22,23)19-12-5-3-11(4-6-12)16(21)18-13-7-8-14(17)15(20)9-13/h7-12,19-20H,3-6H2,1-2H3,(H,18,21). The van der Waals surface area contributed by atoms with Gasteiger partial charge in [-0.3, -0.25) is 4.79 Å². The summed E-state index contributed by atoms with van der Waals surface area (Å²) in [4.78, 5) is 12.2. The number of halogens is 1. The monoisotopic (exact) mass is 358 g/mol. The predicted molar refractivity (Wildman–Crippen MR) is 89.6 cm³/mol. The average Bonchev–Trinajstić information content (AvgIpc) is 2.51. The van der Waals surface area contributed by atoms with Crippen LogP contribution in [0.25, 0.3) is 0 Å². The summed E-state index contributed by atoms with van der Waals surface area (Å²) in [6.45, 7) is 3.25. The lowest BCUT2D eigenvalue weighted by Crippen LogP contribution is -2.42. The minimum Gasteiger partial charge on any atom is -0.505 e. The van der Waals surface area contributed by atoms with E-state index in [2.05, 4.69) is 10.0 Å². The molecule has 3 N–H and O–H groups in total. The van der Waals surface area contributed by atoms with Crippen LogP contribution in [0.1, 0.15) is 39.5 Å². The smallest absolute Gasteiger partial charge is 0.227 e. The Morgan fingerprint density at radius 2 is 1.88 bits per heavy atom. The van der Waals surface area contributed by atoms with Crippen molar-refractivity contribution in [1.29, 1.82) is 0 Å². The van der Waals surface area contributed by atoms with Crippen molar-refractivity contribution in [3.8, 4) is 5.75 Å². The van der Waals surface area contributed by atoms with Crippen molar-refractivity contribution in [3.05, 3.63) is 24.0 Å². The van der Waals surface area contributed by atoms with Crippen LogP contribution < -0.4 is 10.0 Å². The number of benzene rings is 1. The van der Waals surface area contributed by atoms with E-state index in [1.165, 1.54) is 6.07 Å². The van der Waals surface area contributed by atoms with Gasteiger partial charge in [0.25, 0.3) is 0 Å². The Hall–Kier alpha value is -1.67. The molecule has 24 heavy (non-hydrogen) atoms. The summed E-state index contributed by atoms with van der Waals surface area (Å²) in [5.74, 6) is -1.69. The van der Waals surface area contributed by atoms with Gasteiger partial charge in [-0.15, -0.1) is 0 Å². The second-order valence-electron chi connectivity index (χ2n) is 6.42. The summed E-state index contributed by atoms with van der Waals surface area (Å²) >= 11 is 0. The summed E-state index contributed by atoms with van der Waals surface area (Å²) in [7, 11) is -3.31. The van der Waals surface area contributed by atoms with E-state index in [9.17, 15) is 22.7 Å². The van der Waals surface area contributed by atoms with E-state index in [0.29, 0.717) is 31.4 Å². The summed E-state index contributed by atoms with van der Waals surface area (Å²) < 4.78 is 39.4. The molecular weight excluding hydrogens is 335 g/mol. The van der Waals surface area contributed by atoms with Crippen LogP contribution in [0.4, 0.5) is 10.1 Å². The fourth-order valence-corrected chi connectivity index (χ4v) is 3.65. The summed E-state index contributed by atoms with van der Waals surface area (Å²) in [5, 5.41) is 11.5. The summed E-state index contributed by atoms with van der Waals surface area (Å²) in [5.41, 5.74) is 0.335. The number of aromatic hydroxyl groups is 1. The molecule has 1 aliphatic rings. The van der Waals surface area contributed by atoms with Gasteiger partial charge in [0.05, 0.1) is 5.25 Å². The van der Waals surface area contributed by atoms with Crippen molar-refractivity contribution >= 4 is 21.6 Å². The molecule has 0 radical (unpaired) electrons. The molecule has 0 heterocycles. The number of sulfonamides is 1. The number of rotatable bonds is 5. The molecule has 1 aromatic rings. The van der Waals surface area contributed by atoms with Gasteiger partial charge in [0.1, 0.15) is 0 Å². The molecule has 1 fully saturated rings. The molecule has 0 saturated heterocycles. The largest absolute Gasteiger partial charge is 0.505 e. The Balaban J connectivity index is 1.87. The first kappa shape index (κ1) is 18.7. The van der Waals surface area contributed by atoms with Crippen LogP contribution >= 0.6 is 0 Å². The van der Waals surface area contributed by atoms with Gasteiger partial charge in [0, 0.05) is 23.7 Å². The van der Waals surface area contributed by atoms with Crippen LogP contribution in [0.15, 0.2) is 18.2 Å². The fraction of sp³-hybridized carbons (Fsp3) is 0.562. The Kier molecular flexibility index (Phi) is 5.82. The maximum atomic E-state index is 13.0. The van der Waals surface area contributed by atoms with Gasteiger partial charge in [-0.2, -0.15) is 0 Å². The van der Waals surface area contributed by atoms with Crippen molar-refractivity contribution in [2.45, 2.75) is 50.8 Å². The Labute approximate surface area is 141 Å². The highest BCUT2D eigenvalue weighted by Crippen LogP contribution is 2.27. The number of carbonyl (C=O) groups is 1. The molecule has 1 aliphatic carbocycles. The number of hydrogen-bond donors (Lipinski definition) is 3. The van der Waals surface area contributed by atoms with Gasteiger partial charge < -0.3 is 10.4 Å². The van der Waals surface area contributed by atoms with Crippen molar-refractivity contribution in [1.82, 2.24) is 4.72 Å². The molecule has 0 bridgehead atoms. The van der Waals surface area contributed by atoms with Crippen molar-refractivity contribution in [2.24, 2.45) is 5.92 Å². The van der Waals surface area contributed by atoms with Crippen molar-refractivity contribution in [2.75, 3.05) is 5.32 Å². The third kappa shape index (κ3) is 4.67. The minimum absolute atomic E-state index is 0.142. The third-order valence-corrected chi connectivity index (χ3v) is 6.17. The average molecular weight is 358 g/mol. The van der Waals surface area contributed by atoms with E-state index in [4.69, 9.17) is 0 Å². The van der Waals surface area contributed by atoms with E-state index in [1.807, 2.05) is 0 Å². The molecule has 0 aliphatic heterocycles. The van der Waals surface area contributed by atoms with Crippen LogP contribution in [0.2, 0.25) is 0 Å². The fourth-order valence-electron chi connectivity index (χ4n) is 2.68. The molecule has 0 unspecified atom stereocenters. The van der Waals surface area contributed by atoms with Crippen molar-refractivity contribution in [3.63, 3.8) is 0 Å². The summed E-state index contributed by atoms with van der Waals surface area (Å²) in [6, 6.07) is 3.49. The molecule has 0 aromatic heterocycles. The van der Waals surface area contributed by atoms with Crippen LogP contribution in [0, 0.1) is 11.7 Å². The molecule has 134 valence electrons. The molecule has 0 atom stereocenters. The SMILES string of the molecule is CC(C)S(=O)(=O)NC1CCC(C(=O)Nc2ccc(F)c(O)c2)CC1. The molecule has 1 aromatic carbocycles. The molecule has 0 spiro atoms. The lowest BCUT2D eigenvalue weighted by molar-refractivity contribution is -0.120. The normalized spacial score (nSPS) is 21.7. The Morgan fingerprint density at radius 3 is 2.42 bits per heavy atom. The number of carbonyl (C=O) groups excluding carboxylic acids is 1. The molecule has 1 saturated carbocycles. The minimum atomic E-state index is -3.31. The number of hydrogen-bond acceptors (Lipinski definition) is 4. The maximum Gasteiger partial charge on any atom is 0.227 e. The molecule has 8 heteroatoms. The van der Waals surface area contributed by atoms with Gasteiger partial charge in [-0.1, -0.05) is 0 Å². The highest BCUT2D eigenvalue weighted by Gasteiger charge is 2.29. The Bertz CT molecular complexity index is 698. The zero-order chi connectivity index (χ0) is 17.9. The number of amides is 1. The molecule has 2 rings (SSSR count). The molecule has 6 nitrogen and oxygen atoms in total. The third-order valence-electron chi connectivity index (χ3n) is 4.26. The van der Waals surface area contributed by atoms with Gasteiger partial charge in [0.15, 0.2) is 11.6 Å². The van der Waals surface area contributed by atoms with Crippen LogP contribution in [-0.2, 0) is 14.8 Å². The molecule has 1 amide bonds. The number of nitrogens with one attached hydrogen (secondary N) is 2. The molecular formula is C16H23FN2O4S.